The van der Waals surface area contributed by atoms with Gasteiger partial charge in [0, 0.05) is 29.6 Å². The third-order valence-electron chi connectivity index (χ3n) is 2.54. The average Bonchev–Trinajstić information content (AvgIpc) is 2.45. The van der Waals surface area contributed by atoms with E-state index in [0.717, 1.165) is 12.1 Å². The molecule has 110 valence electrons. The molecule has 21 heavy (non-hydrogen) atoms. The maximum atomic E-state index is 12.3. The first-order valence-electron chi connectivity index (χ1n) is 5.78. The summed E-state index contributed by atoms with van der Waals surface area (Å²) in [5.74, 6) is -0.910. The van der Waals surface area contributed by atoms with Gasteiger partial charge < -0.3 is 9.47 Å². The monoisotopic (exact) mass is 297 g/mol. The van der Waals surface area contributed by atoms with Gasteiger partial charge in [0.2, 0.25) is 0 Å². The summed E-state index contributed by atoms with van der Waals surface area (Å²) in [6.45, 7) is 0. The number of methoxy groups -OCH3 is 1. The van der Waals surface area contributed by atoms with E-state index in [2.05, 4.69) is 9.72 Å². The number of carbonyl (C=O) groups is 1. The minimum Gasteiger partial charge on any atom is -0.497 e. The van der Waals surface area contributed by atoms with Crippen molar-refractivity contribution in [2.75, 3.05) is 7.11 Å². The minimum atomic E-state index is -4.85. The predicted molar refractivity (Wildman–Crippen MR) is 67.3 cm³/mol. The van der Waals surface area contributed by atoms with Crippen molar-refractivity contribution in [3.05, 3.63) is 53.9 Å². The van der Waals surface area contributed by atoms with E-state index in [0.29, 0.717) is 0 Å². The lowest BCUT2D eigenvalue weighted by molar-refractivity contribution is -0.274. The van der Waals surface area contributed by atoms with Crippen molar-refractivity contribution in [3.8, 4) is 11.5 Å². The fourth-order valence-electron chi connectivity index (χ4n) is 1.68. The molecule has 0 spiro atoms. The summed E-state index contributed by atoms with van der Waals surface area (Å²) >= 11 is 0. The maximum Gasteiger partial charge on any atom is 0.573 e. The van der Waals surface area contributed by atoms with Crippen molar-refractivity contribution in [1.29, 1.82) is 0 Å². The van der Waals surface area contributed by atoms with E-state index in [1.807, 2.05) is 0 Å². The van der Waals surface area contributed by atoms with Gasteiger partial charge in [0.25, 0.3) is 0 Å². The molecule has 0 fully saturated rings. The Morgan fingerprint density at radius 1 is 1.14 bits per heavy atom. The molecular formula is C14H10F3NO3. The van der Waals surface area contributed by atoms with Gasteiger partial charge in [-0.1, -0.05) is 0 Å². The van der Waals surface area contributed by atoms with Crippen molar-refractivity contribution in [3.63, 3.8) is 0 Å². The summed E-state index contributed by atoms with van der Waals surface area (Å²) < 4.78 is 45.5. The summed E-state index contributed by atoms with van der Waals surface area (Å²) in [6.07, 6.45) is -2.03. The van der Waals surface area contributed by atoms with E-state index in [9.17, 15) is 18.0 Å². The molecule has 0 radical (unpaired) electrons. The van der Waals surface area contributed by atoms with Crippen LogP contribution in [0.5, 0.6) is 11.5 Å². The highest BCUT2D eigenvalue weighted by Crippen LogP contribution is 2.29. The molecule has 0 saturated heterocycles. The first-order valence-corrected chi connectivity index (χ1v) is 5.78. The Morgan fingerprint density at radius 2 is 1.86 bits per heavy atom. The van der Waals surface area contributed by atoms with Gasteiger partial charge in [-0.15, -0.1) is 13.2 Å². The SMILES string of the molecule is COc1cc(OC(F)(F)F)cc(C(=O)c2cccnc2)c1. The lowest BCUT2D eigenvalue weighted by Crippen LogP contribution is -2.17. The summed E-state index contributed by atoms with van der Waals surface area (Å²) in [5, 5.41) is 0. The standard InChI is InChI=1S/C14H10F3NO3/c1-20-11-5-10(6-12(7-11)21-14(15,16)17)13(19)9-3-2-4-18-8-9/h2-8H,1H3. The number of alkyl halides is 3. The Hall–Kier alpha value is -2.57. The highest BCUT2D eigenvalue weighted by Gasteiger charge is 2.31. The van der Waals surface area contributed by atoms with E-state index in [-0.39, 0.29) is 16.9 Å². The van der Waals surface area contributed by atoms with Gasteiger partial charge in [-0.05, 0) is 24.3 Å². The van der Waals surface area contributed by atoms with Crippen LogP contribution in [-0.2, 0) is 0 Å². The number of benzene rings is 1. The van der Waals surface area contributed by atoms with Crippen molar-refractivity contribution in [1.82, 2.24) is 4.98 Å². The molecule has 0 aliphatic heterocycles. The van der Waals surface area contributed by atoms with Crippen molar-refractivity contribution < 1.29 is 27.4 Å². The fraction of sp³-hybridized carbons (Fsp3) is 0.143. The van der Waals surface area contributed by atoms with Crippen molar-refractivity contribution >= 4 is 5.78 Å². The molecule has 1 aromatic carbocycles. The van der Waals surface area contributed by atoms with Crippen LogP contribution in [0.15, 0.2) is 42.7 Å². The summed E-state index contributed by atoms with van der Waals surface area (Å²) in [7, 11) is 1.28. The zero-order valence-corrected chi connectivity index (χ0v) is 10.8. The van der Waals surface area contributed by atoms with Crippen LogP contribution < -0.4 is 9.47 Å². The van der Waals surface area contributed by atoms with Crippen LogP contribution in [0.4, 0.5) is 13.2 Å². The van der Waals surface area contributed by atoms with Crippen molar-refractivity contribution in [2.45, 2.75) is 6.36 Å². The predicted octanol–water partition coefficient (Wildman–Crippen LogP) is 3.22. The second-order valence-electron chi connectivity index (χ2n) is 4.02. The Bertz CT molecular complexity index is 642. The Kier molecular flexibility index (Phi) is 4.11. The molecule has 0 N–H and O–H groups in total. The topological polar surface area (TPSA) is 48.4 Å². The smallest absolute Gasteiger partial charge is 0.497 e. The number of pyridine rings is 1. The first kappa shape index (κ1) is 14.8. The third-order valence-corrected chi connectivity index (χ3v) is 2.54. The fourth-order valence-corrected chi connectivity index (χ4v) is 1.68. The second-order valence-corrected chi connectivity index (χ2v) is 4.02. The quantitative estimate of drug-likeness (QED) is 0.813. The molecule has 1 aromatic heterocycles. The van der Waals surface area contributed by atoms with E-state index >= 15 is 0 Å². The zero-order chi connectivity index (χ0) is 15.5. The van der Waals surface area contributed by atoms with Gasteiger partial charge in [-0.3, -0.25) is 9.78 Å². The van der Waals surface area contributed by atoms with Gasteiger partial charge in [0.05, 0.1) is 7.11 Å². The number of carbonyl (C=O) groups excluding carboxylic acids is 1. The van der Waals surface area contributed by atoms with E-state index in [4.69, 9.17) is 4.74 Å². The van der Waals surface area contributed by atoms with Crippen LogP contribution in [0.2, 0.25) is 0 Å². The third kappa shape index (κ3) is 3.95. The number of hydrogen-bond donors (Lipinski definition) is 0. The molecule has 0 saturated carbocycles. The van der Waals surface area contributed by atoms with Crippen molar-refractivity contribution in [2.24, 2.45) is 0 Å². The highest BCUT2D eigenvalue weighted by atomic mass is 19.4. The molecule has 0 aliphatic rings. The molecule has 4 nitrogen and oxygen atoms in total. The van der Waals surface area contributed by atoms with Crippen LogP contribution in [0, 0.1) is 0 Å². The van der Waals surface area contributed by atoms with Crippen LogP contribution in [0.3, 0.4) is 0 Å². The highest BCUT2D eigenvalue weighted by molar-refractivity contribution is 6.09. The lowest BCUT2D eigenvalue weighted by Gasteiger charge is -2.11. The first-order chi connectivity index (χ1) is 9.89. The van der Waals surface area contributed by atoms with Crippen LogP contribution in [0.25, 0.3) is 0 Å². The van der Waals surface area contributed by atoms with Gasteiger partial charge in [0.15, 0.2) is 5.78 Å². The number of nitrogens with zero attached hydrogens (tertiary/aromatic N) is 1. The summed E-state index contributed by atoms with van der Waals surface area (Å²) in [6, 6.07) is 6.46. The Labute approximate surface area is 118 Å². The molecule has 0 unspecified atom stereocenters. The molecule has 2 rings (SSSR count). The number of halogens is 3. The number of aromatic nitrogens is 1. The molecule has 0 aliphatic carbocycles. The molecule has 1 heterocycles. The Morgan fingerprint density at radius 3 is 2.43 bits per heavy atom. The maximum absolute atomic E-state index is 12.3. The second kappa shape index (κ2) is 5.82. The largest absolute Gasteiger partial charge is 0.573 e. The minimum absolute atomic E-state index is 0.0154. The lowest BCUT2D eigenvalue weighted by atomic mass is 10.0. The molecule has 2 aromatic rings. The zero-order valence-electron chi connectivity index (χ0n) is 10.8. The van der Waals surface area contributed by atoms with Crippen LogP contribution >= 0.6 is 0 Å². The Balaban J connectivity index is 2.39. The van der Waals surface area contributed by atoms with Gasteiger partial charge in [0.1, 0.15) is 11.5 Å². The van der Waals surface area contributed by atoms with Gasteiger partial charge in [-0.25, -0.2) is 0 Å². The van der Waals surface area contributed by atoms with Gasteiger partial charge in [-0.2, -0.15) is 0 Å². The summed E-state index contributed by atoms with van der Waals surface area (Å²) in [5.41, 5.74) is 0.269. The molecule has 0 atom stereocenters. The number of rotatable bonds is 4. The normalized spacial score (nSPS) is 11.0. The molecule has 7 heteroatoms. The number of ketones is 1. The number of hydrogen-bond acceptors (Lipinski definition) is 4. The van der Waals surface area contributed by atoms with E-state index in [1.165, 1.54) is 31.6 Å². The molecule has 0 amide bonds. The van der Waals surface area contributed by atoms with E-state index in [1.54, 1.807) is 6.07 Å². The molecular weight excluding hydrogens is 287 g/mol. The van der Waals surface area contributed by atoms with E-state index < -0.39 is 17.9 Å². The van der Waals surface area contributed by atoms with Crippen LogP contribution in [-0.4, -0.2) is 24.2 Å². The van der Waals surface area contributed by atoms with Crippen LogP contribution in [0.1, 0.15) is 15.9 Å². The molecule has 0 bridgehead atoms. The summed E-state index contributed by atoms with van der Waals surface area (Å²) in [4.78, 5) is 16.0. The number of ether oxygens (including phenoxy) is 2. The average molecular weight is 297 g/mol. The van der Waals surface area contributed by atoms with Gasteiger partial charge >= 0.3 is 6.36 Å².